The van der Waals surface area contributed by atoms with Gasteiger partial charge in [-0.2, -0.15) is 13.2 Å². The number of carbonyl (C=O) groups is 3. The first kappa shape index (κ1) is 26.5. The van der Waals surface area contributed by atoms with Gasteiger partial charge in [-0.05, 0) is 43.1 Å². The van der Waals surface area contributed by atoms with Crippen molar-refractivity contribution in [2.24, 2.45) is 5.73 Å². The molecule has 8 nitrogen and oxygen atoms in total. The number of fused-ring (bicyclic) bond motifs is 1. The summed E-state index contributed by atoms with van der Waals surface area (Å²) in [5.41, 5.74) is 6.65. The number of alkyl halides is 3. The van der Waals surface area contributed by atoms with Crippen LogP contribution in [0.5, 0.6) is 0 Å². The van der Waals surface area contributed by atoms with Gasteiger partial charge in [-0.1, -0.05) is 42.0 Å². The Labute approximate surface area is 213 Å². The summed E-state index contributed by atoms with van der Waals surface area (Å²) in [5.74, 6) is -0.450. The Kier molecular flexibility index (Phi) is 7.72. The van der Waals surface area contributed by atoms with E-state index in [1.54, 1.807) is 17.9 Å². The summed E-state index contributed by atoms with van der Waals surface area (Å²) in [4.78, 5) is 44.0. The largest absolute Gasteiger partial charge is 0.416 e. The summed E-state index contributed by atoms with van der Waals surface area (Å²) in [6.07, 6.45) is -4.90. The molecule has 2 atom stereocenters. The lowest BCUT2D eigenvalue weighted by Gasteiger charge is -2.52. The van der Waals surface area contributed by atoms with Crippen molar-refractivity contribution in [2.75, 3.05) is 19.6 Å². The van der Waals surface area contributed by atoms with Crippen LogP contribution in [0.1, 0.15) is 35.1 Å². The Morgan fingerprint density at radius 2 is 1.84 bits per heavy atom. The van der Waals surface area contributed by atoms with E-state index in [9.17, 15) is 27.6 Å². The zero-order valence-corrected chi connectivity index (χ0v) is 20.5. The number of halogens is 3. The second-order valence-corrected chi connectivity index (χ2v) is 9.39. The summed E-state index contributed by atoms with van der Waals surface area (Å²) in [6, 6.07) is 11.7. The number of amides is 4. The lowest BCUT2D eigenvalue weighted by molar-refractivity contribution is -0.167. The molecular weight excluding hydrogens is 487 g/mol. The van der Waals surface area contributed by atoms with Crippen LogP contribution in [-0.2, 0) is 28.9 Å². The molecule has 2 aliphatic heterocycles. The maximum atomic E-state index is 13.3. The number of hydrogen-bond acceptors (Lipinski definition) is 4. The molecule has 3 N–H and O–H groups in total. The number of nitrogens with one attached hydrogen (secondary N) is 1. The summed E-state index contributed by atoms with van der Waals surface area (Å²) in [7, 11) is 0. The molecule has 2 fully saturated rings. The van der Waals surface area contributed by atoms with Gasteiger partial charge in [0.15, 0.2) is 0 Å². The Balaban J connectivity index is 1.54. The average Bonchev–Trinajstić information content (AvgIpc) is 2.85. The molecule has 4 rings (SSSR count). The number of benzene rings is 2. The number of nitrogens with two attached hydrogens (primary N) is 1. The van der Waals surface area contributed by atoms with Gasteiger partial charge in [-0.15, -0.1) is 0 Å². The fraction of sp³-hybridized carbons (Fsp3) is 0.423. The molecule has 37 heavy (non-hydrogen) atoms. The van der Waals surface area contributed by atoms with Crippen molar-refractivity contribution in [3.8, 4) is 0 Å². The number of rotatable bonds is 6. The van der Waals surface area contributed by atoms with Crippen LogP contribution >= 0.6 is 0 Å². The lowest BCUT2D eigenvalue weighted by atomic mass is 10.0. The highest BCUT2D eigenvalue weighted by Gasteiger charge is 2.48. The van der Waals surface area contributed by atoms with Gasteiger partial charge in [0.2, 0.25) is 11.8 Å². The van der Waals surface area contributed by atoms with Crippen LogP contribution in [0.3, 0.4) is 0 Å². The first-order chi connectivity index (χ1) is 17.6. The van der Waals surface area contributed by atoms with Gasteiger partial charge in [0.05, 0.1) is 12.1 Å². The van der Waals surface area contributed by atoms with Crippen LogP contribution < -0.4 is 11.1 Å². The van der Waals surface area contributed by atoms with Crippen molar-refractivity contribution < 1.29 is 27.6 Å². The SMILES string of the molecule is Cc1cc(CNC(=O)N2CCC(=O)N3[C@@H]2CN(Cc2ccccc2)C(=O)[C@@H]3CCN)cc(C(F)(F)F)c1. The molecule has 0 unspecified atom stereocenters. The van der Waals surface area contributed by atoms with Crippen molar-refractivity contribution in [2.45, 2.75) is 51.2 Å². The average molecular weight is 518 g/mol. The number of nitrogens with zero attached hydrogens (tertiary/aromatic N) is 3. The fourth-order valence-electron chi connectivity index (χ4n) is 5.01. The number of aryl methyl sites for hydroxylation is 1. The minimum absolute atomic E-state index is 0.0413. The molecule has 0 radical (unpaired) electrons. The monoisotopic (exact) mass is 517 g/mol. The molecule has 2 saturated heterocycles. The highest BCUT2D eigenvalue weighted by Crippen LogP contribution is 2.31. The van der Waals surface area contributed by atoms with Gasteiger partial charge in [0, 0.05) is 26.1 Å². The topological polar surface area (TPSA) is 99.0 Å². The molecule has 0 saturated carbocycles. The van der Waals surface area contributed by atoms with E-state index in [2.05, 4.69) is 5.32 Å². The molecule has 4 amide bonds. The van der Waals surface area contributed by atoms with Gasteiger partial charge >= 0.3 is 12.2 Å². The molecule has 2 aromatic rings. The number of piperazine rings is 1. The Hall–Kier alpha value is -3.60. The molecule has 0 spiro atoms. The van der Waals surface area contributed by atoms with Crippen molar-refractivity contribution >= 4 is 17.8 Å². The van der Waals surface area contributed by atoms with Crippen molar-refractivity contribution in [3.05, 3.63) is 70.8 Å². The predicted octanol–water partition coefficient (Wildman–Crippen LogP) is 2.84. The fourth-order valence-corrected chi connectivity index (χ4v) is 5.01. The molecule has 0 aromatic heterocycles. The molecule has 2 aliphatic rings. The third-order valence-electron chi connectivity index (χ3n) is 6.68. The van der Waals surface area contributed by atoms with Gasteiger partial charge in [0.25, 0.3) is 0 Å². The van der Waals surface area contributed by atoms with Crippen LogP contribution in [0.4, 0.5) is 18.0 Å². The maximum Gasteiger partial charge on any atom is 0.416 e. The third kappa shape index (κ3) is 5.87. The number of hydrogen-bond donors (Lipinski definition) is 2. The predicted molar refractivity (Wildman–Crippen MR) is 130 cm³/mol. The lowest BCUT2D eigenvalue weighted by Crippen LogP contribution is -2.72. The van der Waals surface area contributed by atoms with E-state index in [1.807, 2.05) is 30.3 Å². The first-order valence-corrected chi connectivity index (χ1v) is 12.1. The van der Waals surface area contributed by atoms with Crippen molar-refractivity contribution in [3.63, 3.8) is 0 Å². The van der Waals surface area contributed by atoms with E-state index in [4.69, 9.17) is 5.73 Å². The number of urea groups is 1. The van der Waals surface area contributed by atoms with Gasteiger partial charge in [-0.3, -0.25) is 9.59 Å². The van der Waals surface area contributed by atoms with E-state index >= 15 is 0 Å². The Morgan fingerprint density at radius 3 is 2.51 bits per heavy atom. The van der Waals surface area contributed by atoms with Gasteiger partial charge in [0.1, 0.15) is 12.2 Å². The normalized spacial score (nSPS) is 20.2. The van der Waals surface area contributed by atoms with E-state index in [0.717, 1.165) is 17.7 Å². The molecule has 11 heteroatoms. The zero-order valence-electron chi connectivity index (χ0n) is 20.5. The van der Waals surface area contributed by atoms with E-state index in [-0.39, 0.29) is 50.8 Å². The Bertz CT molecular complexity index is 1160. The van der Waals surface area contributed by atoms with Crippen molar-refractivity contribution in [1.82, 2.24) is 20.0 Å². The van der Waals surface area contributed by atoms with E-state index < -0.39 is 30.0 Å². The summed E-state index contributed by atoms with van der Waals surface area (Å²) < 4.78 is 39.6. The first-order valence-electron chi connectivity index (χ1n) is 12.1. The van der Waals surface area contributed by atoms with Crippen LogP contribution in [0, 0.1) is 6.92 Å². The third-order valence-corrected chi connectivity index (χ3v) is 6.68. The molecule has 0 bridgehead atoms. The van der Waals surface area contributed by atoms with Crippen LogP contribution in [-0.4, -0.2) is 64.4 Å². The highest BCUT2D eigenvalue weighted by atomic mass is 19.4. The van der Waals surface area contributed by atoms with Crippen LogP contribution in [0.25, 0.3) is 0 Å². The smallest absolute Gasteiger partial charge is 0.334 e. The molecular formula is C26H30F3N5O3. The van der Waals surface area contributed by atoms with Gasteiger partial charge < -0.3 is 25.8 Å². The minimum atomic E-state index is -4.49. The quantitative estimate of drug-likeness (QED) is 0.616. The number of carbonyl (C=O) groups excluding carboxylic acids is 3. The standard InChI is InChI=1S/C26H30F3N5O3/c1-17-11-19(13-20(12-17)26(27,28)29)14-31-25(37)33-10-8-23(35)34-21(7-9-30)24(36)32(16-22(33)34)15-18-5-3-2-4-6-18/h2-6,11-13,21-22H,7-10,14-16,30H2,1H3,(H,31,37)/t21-,22+/m0/s1. The highest BCUT2D eigenvalue weighted by molar-refractivity contribution is 5.91. The van der Waals surface area contributed by atoms with Crippen LogP contribution in [0.15, 0.2) is 48.5 Å². The maximum absolute atomic E-state index is 13.3. The Morgan fingerprint density at radius 1 is 1.11 bits per heavy atom. The molecule has 2 aromatic carbocycles. The summed E-state index contributed by atoms with van der Waals surface area (Å²) >= 11 is 0. The minimum Gasteiger partial charge on any atom is -0.334 e. The molecule has 0 aliphatic carbocycles. The van der Waals surface area contributed by atoms with Gasteiger partial charge in [-0.25, -0.2) is 4.79 Å². The summed E-state index contributed by atoms with van der Waals surface area (Å²) in [5, 5.41) is 2.70. The second-order valence-electron chi connectivity index (χ2n) is 9.39. The van der Waals surface area contributed by atoms with Crippen LogP contribution in [0.2, 0.25) is 0 Å². The summed E-state index contributed by atoms with van der Waals surface area (Å²) in [6.45, 7) is 2.21. The second kappa shape index (κ2) is 10.8. The van der Waals surface area contributed by atoms with E-state index in [0.29, 0.717) is 17.7 Å². The molecule has 2 heterocycles. The van der Waals surface area contributed by atoms with E-state index in [1.165, 1.54) is 9.80 Å². The zero-order chi connectivity index (χ0) is 26.7. The van der Waals surface area contributed by atoms with Crippen molar-refractivity contribution in [1.29, 1.82) is 0 Å². The molecule has 198 valence electrons.